The number of pyridine rings is 1. The van der Waals surface area contributed by atoms with E-state index in [1.165, 1.54) is 35.6 Å². The average molecular weight is 471 g/mol. The van der Waals surface area contributed by atoms with E-state index >= 15 is 0 Å². The number of carbonyl (C=O) groups excluding carboxylic acids is 1. The molecule has 1 aromatic heterocycles. The molecule has 0 aliphatic heterocycles. The predicted octanol–water partition coefficient (Wildman–Crippen LogP) is 5.53. The van der Waals surface area contributed by atoms with Gasteiger partial charge >= 0.3 is 0 Å². The minimum absolute atomic E-state index is 0.116. The van der Waals surface area contributed by atoms with Crippen molar-refractivity contribution in [2.45, 2.75) is 39.3 Å². The third-order valence-corrected chi connectivity index (χ3v) is 5.59. The van der Waals surface area contributed by atoms with E-state index in [-0.39, 0.29) is 12.5 Å². The Morgan fingerprint density at radius 3 is 2.37 bits per heavy atom. The molecule has 0 aliphatic carbocycles. The molecule has 0 saturated heterocycles. The second-order valence-electron chi connectivity index (χ2n) is 8.31. The fourth-order valence-corrected chi connectivity index (χ4v) is 3.56. The Morgan fingerprint density at radius 1 is 0.914 bits per heavy atom. The summed E-state index contributed by atoms with van der Waals surface area (Å²) in [5.74, 6) is 0.126. The van der Waals surface area contributed by atoms with Gasteiger partial charge in [-0.1, -0.05) is 68.3 Å². The number of hydrogen-bond donors (Lipinski definition) is 4. The van der Waals surface area contributed by atoms with Crippen LogP contribution >= 0.6 is 0 Å². The normalized spacial score (nSPS) is 10.5. The molecule has 0 fully saturated rings. The van der Waals surface area contributed by atoms with E-state index in [4.69, 9.17) is 10.8 Å². The summed E-state index contributed by atoms with van der Waals surface area (Å²) in [4.78, 5) is 16.1. The van der Waals surface area contributed by atoms with E-state index in [0.717, 1.165) is 18.7 Å². The maximum atomic E-state index is 12.2. The molecule has 4 aromatic rings. The first-order valence-electron chi connectivity index (χ1n) is 12.0. The summed E-state index contributed by atoms with van der Waals surface area (Å²) in [5, 5.41) is 17.5. The Hall–Kier alpha value is -3.74. The zero-order valence-corrected chi connectivity index (χ0v) is 20.2. The van der Waals surface area contributed by atoms with Crippen molar-refractivity contribution in [3.8, 4) is 0 Å². The van der Waals surface area contributed by atoms with Crippen LogP contribution in [0, 0.1) is 0 Å². The molecule has 0 aliphatic rings. The summed E-state index contributed by atoms with van der Waals surface area (Å²) in [6, 6.07) is 25.2. The Kier molecular flexibility index (Phi) is 10.2. The van der Waals surface area contributed by atoms with Gasteiger partial charge in [0.05, 0.1) is 12.3 Å². The number of rotatable bonds is 9. The van der Waals surface area contributed by atoms with Crippen LogP contribution in [0.5, 0.6) is 0 Å². The molecule has 1 amide bonds. The lowest BCUT2D eigenvalue weighted by Gasteiger charge is -2.08. The summed E-state index contributed by atoms with van der Waals surface area (Å²) in [7, 11) is 0. The van der Waals surface area contributed by atoms with Crippen molar-refractivity contribution in [3.05, 3.63) is 102 Å². The number of hydrogen-bond acceptors (Lipinski definition) is 5. The lowest BCUT2D eigenvalue weighted by molar-refractivity contribution is 0.102. The molecule has 0 atom stereocenters. The first kappa shape index (κ1) is 25.9. The molecule has 5 N–H and O–H groups in total. The highest BCUT2D eigenvalue weighted by Gasteiger charge is 2.08. The molecule has 3 aromatic carbocycles. The molecule has 35 heavy (non-hydrogen) atoms. The quantitative estimate of drug-likeness (QED) is 0.241. The highest BCUT2D eigenvalue weighted by Crippen LogP contribution is 2.16. The standard InChI is InChI=1S/C18H24N4O.C11H10O/c1-2-3-4-11-20-13-14-7-9-15(10-8-14)18(23)22-16-6-5-12-21-17(16)19;12-8-9-5-6-10-3-1-2-4-11(10)7-9/h5-10,12,20H,2-4,11,13H2,1H3,(H2,19,21)(H,22,23);1-7,12H,8H2. The van der Waals surface area contributed by atoms with Crippen molar-refractivity contribution in [3.63, 3.8) is 0 Å². The molecule has 0 radical (unpaired) electrons. The number of anilines is 2. The van der Waals surface area contributed by atoms with Crippen LogP contribution in [0.2, 0.25) is 0 Å². The summed E-state index contributed by atoms with van der Waals surface area (Å²) in [6.07, 6.45) is 5.27. The number of aliphatic hydroxyl groups excluding tert-OH is 1. The molecule has 0 unspecified atom stereocenters. The van der Waals surface area contributed by atoms with Crippen LogP contribution < -0.4 is 16.4 Å². The molecule has 182 valence electrons. The van der Waals surface area contributed by atoms with Crippen LogP contribution in [0.4, 0.5) is 11.5 Å². The van der Waals surface area contributed by atoms with Gasteiger partial charge in [0.15, 0.2) is 0 Å². The van der Waals surface area contributed by atoms with Crippen molar-refractivity contribution in [2.75, 3.05) is 17.6 Å². The molecule has 6 heteroatoms. The third-order valence-electron chi connectivity index (χ3n) is 5.59. The summed E-state index contributed by atoms with van der Waals surface area (Å²) in [5.41, 5.74) is 8.99. The number of nitrogens with one attached hydrogen (secondary N) is 2. The van der Waals surface area contributed by atoms with Gasteiger partial charge in [-0.15, -0.1) is 0 Å². The van der Waals surface area contributed by atoms with Crippen LogP contribution in [0.1, 0.15) is 47.7 Å². The smallest absolute Gasteiger partial charge is 0.255 e. The number of nitrogens with zero attached hydrogens (tertiary/aromatic N) is 1. The van der Waals surface area contributed by atoms with E-state index in [0.29, 0.717) is 17.1 Å². The zero-order chi connectivity index (χ0) is 24.9. The highest BCUT2D eigenvalue weighted by molar-refractivity contribution is 6.05. The van der Waals surface area contributed by atoms with Crippen LogP contribution in [0.25, 0.3) is 10.8 Å². The number of aliphatic hydroxyl groups is 1. The van der Waals surface area contributed by atoms with E-state index in [9.17, 15) is 4.79 Å². The van der Waals surface area contributed by atoms with Crippen LogP contribution in [-0.4, -0.2) is 22.5 Å². The lowest BCUT2D eigenvalue weighted by atomic mass is 10.1. The van der Waals surface area contributed by atoms with Crippen LogP contribution in [0.15, 0.2) is 85.1 Å². The van der Waals surface area contributed by atoms with E-state index < -0.39 is 0 Å². The minimum atomic E-state index is -0.188. The number of fused-ring (bicyclic) bond motifs is 1. The molecule has 0 saturated carbocycles. The van der Waals surface area contributed by atoms with Crippen LogP contribution in [-0.2, 0) is 13.2 Å². The van der Waals surface area contributed by atoms with Gasteiger partial charge in [-0.05, 0) is 65.2 Å². The van der Waals surface area contributed by atoms with Gasteiger partial charge in [0.25, 0.3) is 5.91 Å². The number of aromatic nitrogens is 1. The van der Waals surface area contributed by atoms with Gasteiger partial charge in [-0.3, -0.25) is 4.79 Å². The van der Waals surface area contributed by atoms with Crippen LogP contribution in [0.3, 0.4) is 0 Å². The first-order valence-corrected chi connectivity index (χ1v) is 12.0. The Balaban J connectivity index is 0.000000237. The third kappa shape index (κ3) is 8.21. The molecule has 6 nitrogen and oxygen atoms in total. The molecule has 0 spiro atoms. The van der Waals surface area contributed by atoms with E-state index in [1.807, 2.05) is 54.6 Å². The SMILES string of the molecule is CCCCCNCc1ccc(C(=O)Nc2cccnc2N)cc1.OCc1ccc2ccccc2c1. The Morgan fingerprint density at radius 2 is 1.66 bits per heavy atom. The Labute approximate surface area is 207 Å². The topological polar surface area (TPSA) is 100 Å². The molecular weight excluding hydrogens is 436 g/mol. The maximum absolute atomic E-state index is 12.2. The van der Waals surface area contributed by atoms with Gasteiger partial charge in [0.2, 0.25) is 0 Å². The monoisotopic (exact) mass is 470 g/mol. The number of amides is 1. The first-order chi connectivity index (χ1) is 17.1. The van der Waals surface area contributed by atoms with Crippen molar-refractivity contribution in [1.29, 1.82) is 0 Å². The molecule has 0 bridgehead atoms. The van der Waals surface area contributed by atoms with Crippen molar-refractivity contribution >= 4 is 28.2 Å². The summed E-state index contributed by atoms with van der Waals surface area (Å²) >= 11 is 0. The summed E-state index contributed by atoms with van der Waals surface area (Å²) in [6.45, 7) is 4.16. The second-order valence-corrected chi connectivity index (χ2v) is 8.31. The average Bonchev–Trinajstić information content (AvgIpc) is 2.90. The molecule has 4 rings (SSSR count). The zero-order valence-electron chi connectivity index (χ0n) is 20.2. The number of benzene rings is 3. The van der Waals surface area contributed by atoms with Crippen molar-refractivity contribution < 1.29 is 9.90 Å². The van der Waals surface area contributed by atoms with Gasteiger partial charge in [-0.2, -0.15) is 0 Å². The number of unbranched alkanes of at least 4 members (excludes halogenated alkanes) is 2. The number of nitrogens with two attached hydrogens (primary N) is 1. The van der Waals surface area contributed by atoms with Crippen molar-refractivity contribution in [2.24, 2.45) is 0 Å². The maximum Gasteiger partial charge on any atom is 0.255 e. The fourth-order valence-electron chi connectivity index (χ4n) is 3.56. The lowest BCUT2D eigenvalue weighted by Crippen LogP contribution is -2.15. The molecular formula is C29H34N4O2. The van der Waals surface area contributed by atoms with E-state index in [2.05, 4.69) is 34.7 Å². The summed E-state index contributed by atoms with van der Waals surface area (Å²) < 4.78 is 0. The van der Waals surface area contributed by atoms with Gasteiger partial charge in [0, 0.05) is 18.3 Å². The predicted molar refractivity (Wildman–Crippen MR) is 144 cm³/mol. The van der Waals surface area contributed by atoms with E-state index in [1.54, 1.807) is 18.3 Å². The largest absolute Gasteiger partial charge is 0.392 e. The molecule has 1 heterocycles. The second kappa shape index (κ2) is 13.8. The highest BCUT2D eigenvalue weighted by atomic mass is 16.3. The Bertz CT molecular complexity index is 1210. The van der Waals surface area contributed by atoms with Crippen molar-refractivity contribution in [1.82, 2.24) is 10.3 Å². The minimum Gasteiger partial charge on any atom is -0.392 e. The van der Waals surface area contributed by atoms with Gasteiger partial charge < -0.3 is 21.5 Å². The van der Waals surface area contributed by atoms with Gasteiger partial charge in [0.1, 0.15) is 5.82 Å². The number of carbonyl (C=O) groups is 1. The van der Waals surface area contributed by atoms with Gasteiger partial charge in [-0.25, -0.2) is 4.98 Å². The fraction of sp³-hybridized carbons (Fsp3) is 0.241. The number of nitrogen functional groups attached to an aromatic ring is 1.